The van der Waals surface area contributed by atoms with Crippen molar-refractivity contribution in [2.24, 2.45) is 0 Å². The molecule has 7 heteroatoms. The van der Waals surface area contributed by atoms with E-state index in [1.54, 1.807) is 0 Å². The molecule has 3 nitrogen and oxygen atoms in total. The number of nitrogens with zero attached hydrogens (tertiary/aromatic N) is 2. The number of halogens is 3. The second-order valence-electron chi connectivity index (χ2n) is 4.71. The molecule has 1 aromatic rings. The van der Waals surface area contributed by atoms with Gasteiger partial charge in [-0.2, -0.15) is 13.2 Å². The molecule has 19 heavy (non-hydrogen) atoms. The average Bonchev–Trinajstić information content (AvgIpc) is 2.67. The Morgan fingerprint density at radius 1 is 1.21 bits per heavy atom. The lowest BCUT2D eigenvalue weighted by Crippen LogP contribution is -2.29. The third kappa shape index (κ3) is 4.65. The van der Waals surface area contributed by atoms with E-state index in [9.17, 15) is 13.2 Å². The quantitative estimate of drug-likeness (QED) is 0.921. The molecule has 1 aliphatic heterocycles. The predicted octanol–water partition coefficient (Wildman–Crippen LogP) is 3.45. The summed E-state index contributed by atoms with van der Waals surface area (Å²) in [5, 5.41) is 3.32. The first-order valence-electron chi connectivity index (χ1n) is 6.55. The van der Waals surface area contributed by atoms with Crippen LogP contribution in [0.4, 0.5) is 18.3 Å². The summed E-state index contributed by atoms with van der Waals surface area (Å²) in [4.78, 5) is 5.46. The van der Waals surface area contributed by atoms with Crippen molar-refractivity contribution < 1.29 is 13.2 Å². The Labute approximate surface area is 114 Å². The third-order valence-corrected chi connectivity index (χ3v) is 4.19. The lowest BCUT2D eigenvalue weighted by atomic mass is 10.2. The third-order valence-electron chi connectivity index (χ3n) is 3.19. The Hall–Kier alpha value is -0.820. The maximum absolute atomic E-state index is 12.4. The number of rotatable bonds is 4. The van der Waals surface area contributed by atoms with Crippen LogP contribution in [0.15, 0.2) is 6.20 Å². The number of nitrogens with one attached hydrogen (secondary N) is 1. The van der Waals surface area contributed by atoms with Gasteiger partial charge in [-0.15, -0.1) is 0 Å². The highest BCUT2D eigenvalue weighted by atomic mass is 32.1. The summed E-state index contributed by atoms with van der Waals surface area (Å²) in [5.41, 5.74) is 0. The molecule has 1 aliphatic rings. The van der Waals surface area contributed by atoms with Crippen molar-refractivity contribution in [3.05, 3.63) is 11.1 Å². The molecule has 1 aromatic heterocycles. The van der Waals surface area contributed by atoms with Crippen molar-refractivity contribution >= 4 is 16.5 Å². The van der Waals surface area contributed by atoms with Crippen LogP contribution in [0.1, 0.15) is 30.6 Å². The summed E-state index contributed by atoms with van der Waals surface area (Å²) in [6.45, 7) is 3.69. The van der Waals surface area contributed by atoms with Gasteiger partial charge in [0.15, 0.2) is 5.13 Å². The lowest BCUT2D eigenvalue weighted by molar-refractivity contribution is -0.134. The number of hydrogen-bond acceptors (Lipinski definition) is 4. The predicted molar refractivity (Wildman–Crippen MR) is 70.5 cm³/mol. The summed E-state index contributed by atoms with van der Waals surface area (Å²) in [6, 6.07) is 0. The molecular formula is C12H18F3N3S. The normalized spacial score (nSPS) is 18.3. The van der Waals surface area contributed by atoms with Gasteiger partial charge in [-0.3, -0.25) is 0 Å². The molecule has 1 fully saturated rings. The van der Waals surface area contributed by atoms with E-state index in [2.05, 4.69) is 15.2 Å². The van der Waals surface area contributed by atoms with Crippen LogP contribution in [0, 0.1) is 0 Å². The number of likely N-dealkylation sites (tertiary alicyclic amines) is 1. The number of hydrogen-bond donors (Lipinski definition) is 1. The Morgan fingerprint density at radius 3 is 2.47 bits per heavy atom. The van der Waals surface area contributed by atoms with Gasteiger partial charge in [-0.1, -0.05) is 24.2 Å². The number of thiazole rings is 1. The fraction of sp³-hybridized carbons (Fsp3) is 0.750. The first kappa shape index (κ1) is 14.6. The van der Waals surface area contributed by atoms with Gasteiger partial charge in [-0.25, -0.2) is 4.98 Å². The second-order valence-corrected chi connectivity index (χ2v) is 5.74. The minimum Gasteiger partial charge on any atom is -0.360 e. The van der Waals surface area contributed by atoms with Crippen LogP contribution < -0.4 is 5.32 Å². The van der Waals surface area contributed by atoms with E-state index >= 15 is 0 Å². The van der Waals surface area contributed by atoms with Gasteiger partial charge in [0.1, 0.15) is 4.88 Å². The second kappa shape index (κ2) is 6.56. The van der Waals surface area contributed by atoms with Crippen molar-refractivity contribution in [2.45, 2.75) is 31.9 Å². The highest BCUT2D eigenvalue weighted by Crippen LogP contribution is 2.34. The fourth-order valence-electron chi connectivity index (χ4n) is 2.17. The van der Waals surface area contributed by atoms with Gasteiger partial charge in [0, 0.05) is 13.1 Å². The minimum absolute atomic E-state index is 0.349. The molecule has 2 rings (SSSR count). The fourth-order valence-corrected chi connectivity index (χ4v) is 2.88. The summed E-state index contributed by atoms with van der Waals surface area (Å²) in [6.07, 6.45) is 1.60. The summed E-state index contributed by atoms with van der Waals surface area (Å²) in [5.74, 6) is 0. The number of aromatic nitrogens is 1. The molecule has 0 aliphatic carbocycles. The molecular weight excluding hydrogens is 275 g/mol. The summed E-state index contributed by atoms with van der Waals surface area (Å²) in [7, 11) is 0. The van der Waals surface area contributed by atoms with Crippen LogP contribution in [-0.4, -0.2) is 36.1 Å². The van der Waals surface area contributed by atoms with E-state index in [1.807, 2.05) is 0 Å². The Balaban J connectivity index is 1.74. The molecule has 0 saturated carbocycles. The van der Waals surface area contributed by atoms with E-state index in [4.69, 9.17) is 0 Å². The molecule has 0 aromatic carbocycles. The molecule has 1 saturated heterocycles. The van der Waals surface area contributed by atoms with Gasteiger partial charge < -0.3 is 10.2 Å². The lowest BCUT2D eigenvalue weighted by Gasteiger charge is -2.19. The molecule has 2 heterocycles. The maximum Gasteiger partial charge on any atom is 0.427 e. The van der Waals surface area contributed by atoms with Gasteiger partial charge in [-0.05, 0) is 25.9 Å². The zero-order valence-electron chi connectivity index (χ0n) is 10.7. The Bertz CT molecular complexity index is 384. The zero-order valence-corrected chi connectivity index (χ0v) is 11.5. The molecule has 0 amide bonds. The van der Waals surface area contributed by atoms with E-state index in [-0.39, 0.29) is 0 Å². The monoisotopic (exact) mass is 293 g/mol. The van der Waals surface area contributed by atoms with Crippen LogP contribution in [0.3, 0.4) is 0 Å². The molecule has 0 radical (unpaired) electrons. The van der Waals surface area contributed by atoms with E-state index < -0.39 is 11.1 Å². The standard InChI is InChI=1S/C12H18F3N3S/c13-12(14,15)10-9-17-11(19-10)16-5-8-18-6-3-1-2-4-7-18/h9H,1-8H2,(H,16,17). The van der Waals surface area contributed by atoms with Gasteiger partial charge in [0.05, 0.1) is 6.20 Å². The minimum atomic E-state index is -4.29. The van der Waals surface area contributed by atoms with Crippen LogP contribution in [-0.2, 0) is 6.18 Å². The first-order valence-corrected chi connectivity index (χ1v) is 7.36. The van der Waals surface area contributed by atoms with Gasteiger partial charge in [0.25, 0.3) is 0 Å². The SMILES string of the molecule is FC(F)(F)c1cnc(NCCN2CCCCCC2)s1. The summed E-state index contributed by atoms with van der Waals surface area (Å²) < 4.78 is 37.2. The zero-order chi connectivity index (χ0) is 13.7. The largest absolute Gasteiger partial charge is 0.427 e. The average molecular weight is 293 g/mol. The highest BCUT2D eigenvalue weighted by molar-refractivity contribution is 7.15. The van der Waals surface area contributed by atoms with Crippen LogP contribution in [0.5, 0.6) is 0 Å². The van der Waals surface area contributed by atoms with Crippen molar-refractivity contribution in [3.63, 3.8) is 0 Å². The molecule has 108 valence electrons. The maximum atomic E-state index is 12.4. The Kier molecular flexibility index (Phi) is 5.04. The van der Waals surface area contributed by atoms with Crippen molar-refractivity contribution in [2.75, 3.05) is 31.5 Å². The van der Waals surface area contributed by atoms with E-state index in [1.165, 1.54) is 25.7 Å². The van der Waals surface area contributed by atoms with Gasteiger partial charge in [0.2, 0.25) is 0 Å². The molecule has 1 N–H and O–H groups in total. The smallest absolute Gasteiger partial charge is 0.360 e. The highest BCUT2D eigenvalue weighted by Gasteiger charge is 2.33. The van der Waals surface area contributed by atoms with Crippen LogP contribution in [0.25, 0.3) is 0 Å². The van der Waals surface area contributed by atoms with Crippen LogP contribution >= 0.6 is 11.3 Å². The molecule has 0 atom stereocenters. The first-order chi connectivity index (χ1) is 9.05. The van der Waals surface area contributed by atoms with Gasteiger partial charge >= 0.3 is 6.18 Å². The number of alkyl halides is 3. The number of anilines is 1. The van der Waals surface area contributed by atoms with Crippen LogP contribution in [0.2, 0.25) is 0 Å². The van der Waals surface area contributed by atoms with E-state index in [0.717, 1.165) is 25.8 Å². The molecule has 0 bridgehead atoms. The van der Waals surface area contributed by atoms with Crippen molar-refractivity contribution in [1.29, 1.82) is 0 Å². The van der Waals surface area contributed by atoms with Crippen molar-refractivity contribution in [1.82, 2.24) is 9.88 Å². The molecule has 0 unspecified atom stereocenters. The molecule has 0 spiro atoms. The van der Waals surface area contributed by atoms with E-state index in [0.29, 0.717) is 23.0 Å². The Morgan fingerprint density at radius 2 is 1.89 bits per heavy atom. The summed E-state index contributed by atoms with van der Waals surface area (Å²) >= 11 is 0.665. The van der Waals surface area contributed by atoms with Crippen molar-refractivity contribution in [3.8, 4) is 0 Å². The topological polar surface area (TPSA) is 28.2 Å².